The van der Waals surface area contributed by atoms with Crippen molar-refractivity contribution in [3.05, 3.63) is 47.5 Å². The minimum Gasteiger partial charge on any atom is -0.466 e. The first-order chi connectivity index (χ1) is 11.7. The molecule has 0 saturated heterocycles. The molecule has 0 bridgehead atoms. The highest BCUT2D eigenvalue weighted by molar-refractivity contribution is 5.84. The molecule has 1 heterocycles. The Labute approximate surface area is 143 Å². The van der Waals surface area contributed by atoms with Gasteiger partial charge in [-0.2, -0.15) is 0 Å². The van der Waals surface area contributed by atoms with Gasteiger partial charge in [0.25, 0.3) is 0 Å². The Morgan fingerprint density at radius 3 is 2.17 bits per heavy atom. The third-order valence-corrected chi connectivity index (χ3v) is 5.65. The Balaban J connectivity index is 1.42. The van der Waals surface area contributed by atoms with Crippen LogP contribution in [0.15, 0.2) is 36.4 Å². The molecule has 0 unspecified atom stereocenters. The highest BCUT2D eigenvalue weighted by atomic mass is 16.5. The minimum atomic E-state index is 0.00640. The van der Waals surface area contributed by atoms with Crippen molar-refractivity contribution in [2.75, 3.05) is 6.61 Å². The van der Waals surface area contributed by atoms with E-state index in [4.69, 9.17) is 4.74 Å². The zero-order valence-electron chi connectivity index (χ0n) is 14.3. The number of hydrogen-bond donors (Lipinski definition) is 0. The van der Waals surface area contributed by atoms with Crippen LogP contribution in [-0.4, -0.2) is 23.5 Å². The summed E-state index contributed by atoms with van der Waals surface area (Å²) in [6, 6.07) is 13.9. The predicted molar refractivity (Wildman–Crippen MR) is 95.6 cm³/mol. The second-order valence-corrected chi connectivity index (χ2v) is 7.13. The molecule has 24 heavy (non-hydrogen) atoms. The van der Waals surface area contributed by atoms with Crippen LogP contribution in [0, 0.1) is 5.92 Å². The number of rotatable bonds is 3. The van der Waals surface area contributed by atoms with Crippen LogP contribution in [0.4, 0.5) is 0 Å². The molecule has 1 aliphatic carbocycles. The fourth-order valence-corrected chi connectivity index (χ4v) is 4.32. The fourth-order valence-electron chi connectivity index (χ4n) is 4.32. The van der Waals surface area contributed by atoms with Crippen LogP contribution in [-0.2, 0) is 22.6 Å². The quantitative estimate of drug-likeness (QED) is 0.790. The van der Waals surface area contributed by atoms with Crippen molar-refractivity contribution in [3.8, 4) is 0 Å². The molecule has 3 nitrogen and oxygen atoms in total. The fraction of sp³-hybridized carbons (Fsp3) is 0.476. The number of nitrogens with zero attached hydrogens (tertiary/aromatic N) is 1. The number of ether oxygens (including phenoxy) is 1. The molecule has 0 atom stereocenters. The second-order valence-electron chi connectivity index (χ2n) is 7.13. The number of fused-ring (bicyclic) bond motifs is 2. The van der Waals surface area contributed by atoms with Crippen LogP contribution in [0.25, 0.3) is 10.8 Å². The molecule has 3 heteroatoms. The van der Waals surface area contributed by atoms with Crippen molar-refractivity contribution in [1.82, 2.24) is 4.90 Å². The summed E-state index contributed by atoms with van der Waals surface area (Å²) in [5, 5.41) is 2.67. The van der Waals surface area contributed by atoms with Crippen molar-refractivity contribution in [1.29, 1.82) is 0 Å². The monoisotopic (exact) mass is 323 g/mol. The van der Waals surface area contributed by atoms with Crippen molar-refractivity contribution in [2.24, 2.45) is 5.92 Å². The number of hydrogen-bond acceptors (Lipinski definition) is 3. The number of carbonyl (C=O) groups is 1. The molecule has 4 rings (SSSR count). The Morgan fingerprint density at radius 2 is 1.62 bits per heavy atom. The molecule has 0 spiro atoms. The standard InChI is InChI=1S/C21H25NO2/c1-2-24-21(23)15-7-9-20(10-8-15)22-13-18-11-16-5-3-4-6-17(16)12-19(18)14-22/h3-6,11-12,15,20H,2,7-10,13-14H2,1H3. The van der Waals surface area contributed by atoms with Crippen molar-refractivity contribution in [3.63, 3.8) is 0 Å². The molecule has 0 radical (unpaired) electrons. The van der Waals surface area contributed by atoms with Gasteiger partial charge in [-0.15, -0.1) is 0 Å². The van der Waals surface area contributed by atoms with Crippen LogP contribution in [0.3, 0.4) is 0 Å². The first-order valence-electron chi connectivity index (χ1n) is 9.16. The zero-order valence-corrected chi connectivity index (χ0v) is 14.3. The topological polar surface area (TPSA) is 29.5 Å². The van der Waals surface area contributed by atoms with Gasteiger partial charge in [0.1, 0.15) is 0 Å². The summed E-state index contributed by atoms with van der Waals surface area (Å²) in [6.07, 6.45) is 4.16. The Hall–Kier alpha value is -1.87. The lowest BCUT2D eigenvalue weighted by molar-refractivity contribution is -0.149. The lowest BCUT2D eigenvalue weighted by atomic mass is 9.85. The normalized spacial score (nSPS) is 24.0. The zero-order chi connectivity index (χ0) is 16.5. The van der Waals surface area contributed by atoms with Gasteiger partial charge in [-0.3, -0.25) is 9.69 Å². The van der Waals surface area contributed by atoms with Gasteiger partial charge in [-0.1, -0.05) is 24.3 Å². The lowest BCUT2D eigenvalue weighted by Crippen LogP contribution is -2.36. The SMILES string of the molecule is CCOC(=O)C1CCC(N2Cc3cc4ccccc4cc3C2)CC1. The van der Waals surface area contributed by atoms with E-state index >= 15 is 0 Å². The summed E-state index contributed by atoms with van der Waals surface area (Å²) in [5.41, 5.74) is 2.95. The molecule has 1 saturated carbocycles. The largest absolute Gasteiger partial charge is 0.466 e. The van der Waals surface area contributed by atoms with E-state index in [0.29, 0.717) is 12.6 Å². The van der Waals surface area contributed by atoms with Gasteiger partial charge in [0.15, 0.2) is 0 Å². The Bertz CT molecular complexity index is 702. The Kier molecular flexibility index (Phi) is 4.28. The van der Waals surface area contributed by atoms with E-state index in [0.717, 1.165) is 38.8 Å². The van der Waals surface area contributed by atoms with E-state index in [1.165, 1.54) is 21.9 Å². The van der Waals surface area contributed by atoms with E-state index in [-0.39, 0.29) is 11.9 Å². The highest BCUT2D eigenvalue weighted by Crippen LogP contribution is 2.35. The smallest absolute Gasteiger partial charge is 0.308 e. The molecule has 0 N–H and O–H groups in total. The maximum atomic E-state index is 11.9. The van der Waals surface area contributed by atoms with Crippen LogP contribution in [0.5, 0.6) is 0 Å². The van der Waals surface area contributed by atoms with Gasteiger partial charge in [-0.05, 0) is 66.6 Å². The molecular weight excluding hydrogens is 298 g/mol. The average Bonchev–Trinajstić information content (AvgIpc) is 3.03. The lowest BCUT2D eigenvalue weighted by Gasteiger charge is -2.33. The van der Waals surface area contributed by atoms with Gasteiger partial charge >= 0.3 is 5.97 Å². The van der Waals surface area contributed by atoms with Crippen LogP contribution in [0.2, 0.25) is 0 Å². The highest BCUT2D eigenvalue weighted by Gasteiger charge is 2.32. The van der Waals surface area contributed by atoms with Crippen LogP contribution >= 0.6 is 0 Å². The van der Waals surface area contributed by atoms with Crippen LogP contribution in [0.1, 0.15) is 43.7 Å². The number of esters is 1. The van der Waals surface area contributed by atoms with E-state index in [1.54, 1.807) is 0 Å². The van der Waals surface area contributed by atoms with E-state index in [9.17, 15) is 4.79 Å². The molecule has 1 aliphatic heterocycles. The van der Waals surface area contributed by atoms with Gasteiger partial charge in [0, 0.05) is 19.1 Å². The summed E-state index contributed by atoms with van der Waals surface area (Å²) in [7, 11) is 0. The van der Waals surface area contributed by atoms with E-state index in [1.807, 2.05) is 6.92 Å². The van der Waals surface area contributed by atoms with Crippen molar-refractivity contribution in [2.45, 2.75) is 51.7 Å². The molecular formula is C21H25NO2. The predicted octanol–water partition coefficient (Wildman–Crippen LogP) is 4.28. The Morgan fingerprint density at radius 1 is 1.04 bits per heavy atom. The molecule has 2 aromatic rings. The summed E-state index contributed by atoms with van der Waals surface area (Å²) in [5.74, 6) is 0.126. The third-order valence-electron chi connectivity index (χ3n) is 5.65. The third kappa shape index (κ3) is 2.93. The summed E-state index contributed by atoms with van der Waals surface area (Å²) < 4.78 is 5.18. The molecule has 1 fully saturated rings. The van der Waals surface area contributed by atoms with Crippen molar-refractivity contribution >= 4 is 16.7 Å². The number of benzene rings is 2. The van der Waals surface area contributed by atoms with Gasteiger partial charge in [0.2, 0.25) is 0 Å². The second kappa shape index (κ2) is 6.56. The van der Waals surface area contributed by atoms with E-state index < -0.39 is 0 Å². The summed E-state index contributed by atoms with van der Waals surface area (Å²) in [4.78, 5) is 14.5. The van der Waals surface area contributed by atoms with E-state index in [2.05, 4.69) is 41.3 Å². The molecule has 0 amide bonds. The van der Waals surface area contributed by atoms with Crippen molar-refractivity contribution < 1.29 is 9.53 Å². The molecule has 2 aliphatic rings. The molecule has 2 aromatic carbocycles. The first kappa shape index (κ1) is 15.6. The van der Waals surface area contributed by atoms with Crippen LogP contribution < -0.4 is 0 Å². The van der Waals surface area contributed by atoms with Gasteiger partial charge in [0.05, 0.1) is 12.5 Å². The summed E-state index contributed by atoms with van der Waals surface area (Å²) in [6.45, 7) is 4.48. The maximum absolute atomic E-state index is 11.9. The average molecular weight is 323 g/mol. The summed E-state index contributed by atoms with van der Waals surface area (Å²) >= 11 is 0. The van der Waals surface area contributed by atoms with Gasteiger partial charge < -0.3 is 4.74 Å². The first-order valence-corrected chi connectivity index (χ1v) is 9.16. The molecule has 0 aromatic heterocycles. The number of carbonyl (C=O) groups excluding carboxylic acids is 1. The molecule has 126 valence electrons. The minimum absolute atomic E-state index is 0.00640. The van der Waals surface area contributed by atoms with Gasteiger partial charge in [-0.25, -0.2) is 0 Å². The maximum Gasteiger partial charge on any atom is 0.308 e.